The predicted octanol–water partition coefficient (Wildman–Crippen LogP) is 2.85. The zero-order valence-corrected chi connectivity index (χ0v) is 14.6. The van der Waals surface area contributed by atoms with Crippen molar-refractivity contribution in [1.82, 2.24) is 0 Å². The summed E-state index contributed by atoms with van der Waals surface area (Å²) in [7, 11) is -3.61. The molecule has 0 bridgehead atoms. The molecule has 0 radical (unpaired) electrons. The first-order valence-electron chi connectivity index (χ1n) is 7.71. The lowest BCUT2D eigenvalue weighted by Crippen LogP contribution is -2.25. The Labute approximate surface area is 142 Å². The molecule has 0 fully saturated rings. The smallest absolute Gasteiger partial charge is 0.232 e. The zero-order chi connectivity index (χ0) is 17.7. The van der Waals surface area contributed by atoms with Crippen molar-refractivity contribution in [3.63, 3.8) is 0 Å². The Balaban J connectivity index is 2.20. The summed E-state index contributed by atoms with van der Waals surface area (Å²) >= 11 is 0. The van der Waals surface area contributed by atoms with Crippen molar-refractivity contribution in [3.8, 4) is 0 Å². The third-order valence-corrected chi connectivity index (χ3v) is 4.41. The molecular formula is C18H22N2O3S. The number of primary sulfonamides is 1. The quantitative estimate of drug-likeness (QED) is 0.843. The van der Waals surface area contributed by atoms with Crippen molar-refractivity contribution in [1.29, 1.82) is 0 Å². The third kappa shape index (κ3) is 5.18. The van der Waals surface area contributed by atoms with Crippen molar-refractivity contribution >= 4 is 21.6 Å². The number of nitrogens with two attached hydrogens (primary N) is 1. The average molecular weight is 346 g/mol. The third-order valence-electron chi connectivity index (χ3n) is 3.67. The number of hydrogen-bond acceptors (Lipinski definition) is 3. The molecule has 0 aromatic heterocycles. The van der Waals surface area contributed by atoms with Crippen LogP contribution in [0.5, 0.6) is 0 Å². The van der Waals surface area contributed by atoms with E-state index in [1.165, 1.54) is 0 Å². The molecular weight excluding hydrogens is 324 g/mol. The molecule has 0 saturated carbocycles. The summed E-state index contributed by atoms with van der Waals surface area (Å²) < 4.78 is 22.4. The number of hydrogen-bond donors (Lipinski definition) is 2. The fourth-order valence-corrected chi connectivity index (χ4v) is 3.33. The van der Waals surface area contributed by atoms with Crippen molar-refractivity contribution in [2.24, 2.45) is 11.1 Å². The number of carbonyl (C=O) groups excluding carboxylic acids is 1. The van der Waals surface area contributed by atoms with Crippen molar-refractivity contribution in [2.75, 3.05) is 5.32 Å². The van der Waals surface area contributed by atoms with Gasteiger partial charge in [-0.25, -0.2) is 13.6 Å². The Bertz CT molecular complexity index is 802. The van der Waals surface area contributed by atoms with Crippen LogP contribution in [0.3, 0.4) is 0 Å². The molecule has 1 atom stereocenters. The van der Waals surface area contributed by atoms with Gasteiger partial charge in [-0.15, -0.1) is 0 Å². The van der Waals surface area contributed by atoms with Gasteiger partial charge in [-0.3, -0.25) is 4.79 Å². The van der Waals surface area contributed by atoms with Gasteiger partial charge in [-0.05, 0) is 29.2 Å². The zero-order valence-electron chi connectivity index (χ0n) is 13.8. The maximum absolute atomic E-state index is 12.7. The first-order chi connectivity index (χ1) is 11.3. The van der Waals surface area contributed by atoms with Crippen molar-refractivity contribution < 1.29 is 13.2 Å². The monoisotopic (exact) mass is 346 g/mol. The van der Waals surface area contributed by atoms with Crippen LogP contribution in [0.2, 0.25) is 0 Å². The molecule has 5 nitrogen and oxygen atoms in total. The summed E-state index contributed by atoms with van der Waals surface area (Å²) in [6.45, 7) is 3.99. The SMILES string of the molecule is CC(C)[C@H](C(=O)Nc1cccc(CS(N)(=O)=O)c1)c1ccccc1. The first kappa shape index (κ1) is 18.2. The van der Waals surface area contributed by atoms with Gasteiger partial charge in [0.2, 0.25) is 15.9 Å². The summed E-state index contributed by atoms with van der Waals surface area (Å²) in [5, 5.41) is 7.94. The second kappa shape index (κ2) is 7.59. The van der Waals surface area contributed by atoms with E-state index in [4.69, 9.17) is 5.14 Å². The van der Waals surface area contributed by atoms with E-state index in [-0.39, 0.29) is 23.5 Å². The number of nitrogens with one attached hydrogen (secondary N) is 1. The van der Waals surface area contributed by atoms with Crippen LogP contribution >= 0.6 is 0 Å². The number of carbonyl (C=O) groups is 1. The molecule has 0 aliphatic carbocycles. The van der Waals surface area contributed by atoms with Gasteiger partial charge in [-0.2, -0.15) is 0 Å². The molecule has 0 heterocycles. The van der Waals surface area contributed by atoms with Gasteiger partial charge in [0, 0.05) is 5.69 Å². The van der Waals surface area contributed by atoms with Crippen LogP contribution in [0.25, 0.3) is 0 Å². The van der Waals surface area contributed by atoms with E-state index in [1.54, 1.807) is 24.3 Å². The Kier molecular flexibility index (Phi) is 5.75. The molecule has 0 saturated heterocycles. The van der Waals surface area contributed by atoms with Crippen molar-refractivity contribution in [2.45, 2.75) is 25.5 Å². The Hall–Kier alpha value is -2.18. The van der Waals surface area contributed by atoms with Crippen LogP contribution in [0.1, 0.15) is 30.9 Å². The van der Waals surface area contributed by atoms with E-state index >= 15 is 0 Å². The van der Waals surface area contributed by atoms with Crippen LogP contribution < -0.4 is 10.5 Å². The minimum Gasteiger partial charge on any atom is -0.326 e. The van der Waals surface area contributed by atoms with Gasteiger partial charge >= 0.3 is 0 Å². The molecule has 128 valence electrons. The first-order valence-corrected chi connectivity index (χ1v) is 9.43. The standard InChI is InChI=1S/C18H22N2O3S/c1-13(2)17(15-8-4-3-5-9-15)18(21)20-16-10-6-7-14(11-16)12-24(19,22)23/h3-11,13,17H,12H2,1-2H3,(H,20,21)(H2,19,22,23)/t17-/m0/s1. The molecule has 0 unspecified atom stereocenters. The summed E-state index contributed by atoms with van der Waals surface area (Å²) in [5.74, 6) is -0.541. The number of amides is 1. The highest BCUT2D eigenvalue weighted by atomic mass is 32.2. The van der Waals surface area contributed by atoms with E-state index in [1.807, 2.05) is 44.2 Å². The van der Waals surface area contributed by atoms with E-state index in [2.05, 4.69) is 5.32 Å². The van der Waals surface area contributed by atoms with Crippen LogP contribution in [0.4, 0.5) is 5.69 Å². The van der Waals surface area contributed by atoms with Crippen LogP contribution in [0.15, 0.2) is 54.6 Å². The molecule has 3 N–H and O–H groups in total. The molecule has 24 heavy (non-hydrogen) atoms. The van der Waals surface area contributed by atoms with Gasteiger partial charge in [0.15, 0.2) is 0 Å². The minimum absolute atomic E-state index is 0.121. The summed E-state index contributed by atoms with van der Waals surface area (Å²) in [5.41, 5.74) is 2.05. The Morgan fingerprint density at radius 2 is 1.75 bits per heavy atom. The number of anilines is 1. The van der Waals surface area contributed by atoms with Gasteiger partial charge in [0.25, 0.3) is 0 Å². The predicted molar refractivity (Wildman–Crippen MR) is 95.9 cm³/mol. The summed E-state index contributed by atoms with van der Waals surface area (Å²) in [4.78, 5) is 12.7. The second-order valence-electron chi connectivity index (χ2n) is 6.13. The molecule has 2 aromatic rings. The van der Waals surface area contributed by atoms with Gasteiger partial charge in [0.05, 0.1) is 11.7 Å². The highest BCUT2D eigenvalue weighted by Crippen LogP contribution is 2.26. The maximum atomic E-state index is 12.7. The molecule has 6 heteroatoms. The summed E-state index contributed by atoms with van der Waals surface area (Å²) in [6.07, 6.45) is 0. The second-order valence-corrected chi connectivity index (χ2v) is 7.74. The molecule has 0 spiro atoms. The largest absolute Gasteiger partial charge is 0.326 e. The average Bonchev–Trinajstić information content (AvgIpc) is 2.46. The van der Waals surface area contributed by atoms with Gasteiger partial charge in [-0.1, -0.05) is 56.3 Å². The summed E-state index contributed by atoms with van der Waals surface area (Å²) in [6, 6.07) is 16.3. The van der Waals surface area contributed by atoms with Gasteiger partial charge < -0.3 is 5.32 Å². The normalized spacial score (nSPS) is 12.8. The highest BCUT2D eigenvalue weighted by molar-refractivity contribution is 7.88. The van der Waals surface area contributed by atoms with E-state index in [0.717, 1.165) is 5.56 Å². The highest BCUT2D eigenvalue weighted by Gasteiger charge is 2.24. The van der Waals surface area contributed by atoms with E-state index in [9.17, 15) is 13.2 Å². The molecule has 2 rings (SSSR count). The maximum Gasteiger partial charge on any atom is 0.232 e. The lowest BCUT2D eigenvalue weighted by atomic mass is 9.87. The fourth-order valence-electron chi connectivity index (χ4n) is 2.69. The van der Waals surface area contributed by atoms with Gasteiger partial charge in [0.1, 0.15) is 0 Å². The van der Waals surface area contributed by atoms with E-state index in [0.29, 0.717) is 11.3 Å². The number of rotatable bonds is 6. The molecule has 2 aromatic carbocycles. The van der Waals surface area contributed by atoms with Crippen LogP contribution in [-0.2, 0) is 20.6 Å². The number of sulfonamides is 1. The minimum atomic E-state index is -3.61. The van der Waals surface area contributed by atoms with Crippen LogP contribution in [0, 0.1) is 5.92 Å². The fraction of sp³-hybridized carbons (Fsp3) is 0.278. The topological polar surface area (TPSA) is 89.3 Å². The Morgan fingerprint density at radius 3 is 2.33 bits per heavy atom. The Morgan fingerprint density at radius 1 is 1.08 bits per heavy atom. The molecule has 1 amide bonds. The van der Waals surface area contributed by atoms with Crippen molar-refractivity contribution in [3.05, 3.63) is 65.7 Å². The van der Waals surface area contributed by atoms with E-state index < -0.39 is 10.0 Å². The molecule has 0 aliphatic heterocycles. The molecule has 0 aliphatic rings. The van der Waals surface area contributed by atoms with Crippen LogP contribution in [-0.4, -0.2) is 14.3 Å². The lowest BCUT2D eigenvalue weighted by Gasteiger charge is -2.21. The number of benzene rings is 2. The lowest BCUT2D eigenvalue weighted by molar-refractivity contribution is -0.118.